The molecule has 1 heterocycles. The maximum absolute atomic E-state index is 12.2. The molecule has 1 atom stereocenters. The summed E-state index contributed by atoms with van der Waals surface area (Å²) in [7, 11) is 0. The third kappa shape index (κ3) is 4.12. The zero-order valence-corrected chi connectivity index (χ0v) is 16.0. The number of ether oxygens (including phenoxy) is 1. The van der Waals surface area contributed by atoms with E-state index in [9.17, 15) is 20.0 Å². The van der Waals surface area contributed by atoms with Gasteiger partial charge >= 0.3 is 5.97 Å². The Morgan fingerprint density at radius 2 is 2.22 bits per heavy atom. The Kier molecular flexibility index (Phi) is 5.47. The Morgan fingerprint density at radius 3 is 2.96 bits per heavy atom. The number of thiophene rings is 1. The van der Waals surface area contributed by atoms with E-state index in [1.165, 1.54) is 23.5 Å². The van der Waals surface area contributed by atoms with Crippen LogP contribution in [0.15, 0.2) is 18.2 Å². The van der Waals surface area contributed by atoms with Gasteiger partial charge in [0.05, 0.1) is 5.56 Å². The third-order valence-corrected chi connectivity index (χ3v) is 5.75. The monoisotopic (exact) mass is 384 g/mol. The van der Waals surface area contributed by atoms with Crippen molar-refractivity contribution in [2.24, 2.45) is 5.92 Å². The molecule has 27 heavy (non-hydrogen) atoms. The van der Waals surface area contributed by atoms with Crippen LogP contribution in [0, 0.1) is 24.2 Å². The van der Waals surface area contributed by atoms with Crippen molar-refractivity contribution in [3.63, 3.8) is 0 Å². The van der Waals surface area contributed by atoms with Crippen LogP contribution in [-0.2, 0) is 22.4 Å². The number of carbonyl (C=O) groups excluding carboxylic acids is 2. The number of hydrogen-bond acceptors (Lipinski definition) is 6. The van der Waals surface area contributed by atoms with Gasteiger partial charge in [-0.05, 0) is 49.8 Å². The summed E-state index contributed by atoms with van der Waals surface area (Å²) in [5, 5.41) is 22.4. The van der Waals surface area contributed by atoms with E-state index in [-0.39, 0.29) is 11.3 Å². The third-order valence-electron chi connectivity index (χ3n) is 4.58. The topological polar surface area (TPSA) is 99.4 Å². The maximum Gasteiger partial charge on any atom is 0.342 e. The summed E-state index contributed by atoms with van der Waals surface area (Å²) in [6.45, 7) is 3.47. The molecule has 1 unspecified atom stereocenters. The standard InChI is InChI=1S/C20H20N2O4S/c1-11-4-6-16(23)14(7-11)20(25)26-10-18(24)22-19-15(9-21)13-5-3-12(2)8-17(13)27-19/h4,6-7,12,23H,3,5,8,10H2,1-2H3,(H,22,24). The van der Waals surface area contributed by atoms with E-state index in [4.69, 9.17) is 4.74 Å². The van der Waals surface area contributed by atoms with Crippen molar-refractivity contribution in [3.8, 4) is 11.8 Å². The lowest BCUT2D eigenvalue weighted by Gasteiger charge is -2.17. The molecule has 2 N–H and O–H groups in total. The summed E-state index contributed by atoms with van der Waals surface area (Å²) in [4.78, 5) is 25.4. The molecule has 0 saturated carbocycles. The second-order valence-electron chi connectivity index (χ2n) is 6.81. The Bertz CT molecular complexity index is 942. The fourth-order valence-electron chi connectivity index (χ4n) is 3.14. The van der Waals surface area contributed by atoms with Gasteiger partial charge in [-0.25, -0.2) is 4.79 Å². The maximum atomic E-state index is 12.2. The summed E-state index contributed by atoms with van der Waals surface area (Å²) in [6.07, 6.45) is 2.78. The molecule has 0 spiro atoms. The summed E-state index contributed by atoms with van der Waals surface area (Å²) >= 11 is 1.42. The smallest absolute Gasteiger partial charge is 0.342 e. The molecule has 140 valence electrons. The number of phenolic OH excluding ortho intramolecular Hbond substituents is 1. The normalized spacial score (nSPS) is 15.5. The number of phenols is 1. The van der Waals surface area contributed by atoms with Gasteiger partial charge in [-0.15, -0.1) is 11.3 Å². The van der Waals surface area contributed by atoms with Crippen molar-refractivity contribution in [3.05, 3.63) is 45.3 Å². The number of anilines is 1. The minimum Gasteiger partial charge on any atom is -0.507 e. The molecule has 1 amide bonds. The highest BCUT2D eigenvalue weighted by atomic mass is 32.1. The molecule has 0 bridgehead atoms. The molecule has 1 aromatic carbocycles. The van der Waals surface area contributed by atoms with Crippen LogP contribution in [0.25, 0.3) is 0 Å². The average Bonchev–Trinajstić information content (AvgIpc) is 2.97. The van der Waals surface area contributed by atoms with Gasteiger partial charge in [-0.1, -0.05) is 18.6 Å². The Balaban J connectivity index is 1.66. The number of aromatic hydroxyl groups is 1. The lowest BCUT2D eigenvalue weighted by Crippen LogP contribution is -2.21. The zero-order chi connectivity index (χ0) is 19.6. The minimum atomic E-state index is -0.772. The van der Waals surface area contributed by atoms with Crippen LogP contribution in [0.3, 0.4) is 0 Å². The highest BCUT2D eigenvalue weighted by molar-refractivity contribution is 7.16. The van der Waals surface area contributed by atoms with E-state index in [1.807, 2.05) is 0 Å². The molecular weight excluding hydrogens is 364 g/mol. The number of nitrogens with one attached hydrogen (secondary N) is 1. The summed E-state index contributed by atoms with van der Waals surface area (Å²) in [5.74, 6) is -0.920. The van der Waals surface area contributed by atoms with E-state index in [0.29, 0.717) is 16.5 Å². The number of carbonyl (C=O) groups is 2. The summed E-state index contributed by atoms with van der Waals surface area (Å²) in [5.41, 5.74) is 2.35. The first kappa shape index (κ1) is 18.9. The molecule has 2 aromatic rings. The molecule has 0 saturated heterocycles. The second kappa shape index (κ2) is 7.80. The minimum absolute atomic E-state index is 0.0149. The molecular formula is C20H20N2O4S. The van der Waals surface area contributed by atoms with Gasteiger partial charge < -0.3 is 15.2 Å². The first-order chi connectivity index (χ1) is 12.9. The predicted octanol–water partition coefficient (Wildman–Crippen LogP) is 3.55. The number of hydrogen-bond donors (Lipinski definition) is 2. The van der Waals surface area contributed by atoms with Crippen molar-refractivity contribution < 1.29 is 19.4 Å². The van der Waals surface area contributed by atoms with Crippen molar-refractivity contribution in [2.45, 2.75) is 33.1 Å². The van der Waals surface area contributed by atoms with Crippen LogP contribution >= 0.6 is 11.3 Å². The van der Waals surface area contributed by atoms with Crippen molar-refractivity contribution in [2.75, 3.05) is 11.9 Å². The second-order valence-corrected chi connectivity index (χ2v) is 7.92. The number of rotatable bonds is 4. The van der Waals surface area contributed by atoms with Crippen LogP contribution in [0.5, 0.6) is 5.75 Å². The molecule has 3 rings (SSSR count). The fraction of sp³-hybridized carbons (Fsp3) is 0.350. The van der Waals surface area contributed by atoms with E-state index in [2.05, 4.69) is 18.3 Å². The van der Waals surface area contributed by atoms with Gasteiger partial charge in [-0.3, -0.25) is 4.79 Å². The van der Waals surface area contributed by atoms with Crippen molar-refractivity contribution >= 4 is 28.2 Å². The van der Waals surface area contributed by atoms with Gasteiger partial charge in [-0.2, -0.15) is 5.26 Å². The molecule has 1 aliphatic carbocycles. The first-order valence-corrected chi connectivity index (χ1v) is 9.52. The van der Waals surface area contributed by atoms with Gasteiger partial charge in [0.1, 0.15) is 22.4 Å². The highest BCUT2D eigenvalue weighted by Gasteiger charge is 2.25. The number of amides is 1. The van der Waals surface area contributed by atoms with Crippen LogP contribution in [0.1, 0.15) is 45.3 Å². The summed E-state index contributed by atoms with van der Waals surface area (Å²) in [6, 6.07) is 6.75. The highest BCUT2D eigenvalue weighted by Crippen LogP contribution is 2.39. The quantitative estimate of drug-likeness (QED) is 0.785. The number of nitrogens with zero attached hydrogens (tertiary/aromatic N) is 1. The molecule has 7 heteroatoms. The Hall–Kier alpha value is -2.85. The lowest BCUT2D eigenvalue weighted by molar-refractivity contribution is -0.119. The molecule has 6 nitrogen and oxygen atoms in total. The molecule has 0 aliphatic heterocycles. The molecule has 0 fully saturated rings. The number of benzene rings is 1. The zero-order valence-electron chi connectivity index (χ0n) is 15.2. The fourth-order valence-corrected chi connectivity index (χ4v) is 4.52. The number of esters is 1. The lowest BCUT2D eigenvalue weighted by atomic mass is 9.89. The van der Waals surface area contributed by atoms with Crippen LogP contribution in [0.4, 0.5) is 5.00 Å². The summed E-state index contributed by atoms with van der Waals surface area (Å²) < 4.78 is 5.00. The SMILES string of the molecule is Cc1ccc(O)c(C(=O)OCC(=O)Nc2sc3c(c2C#N)CCC(C)C3)c1. The van der Waals surface area contributed by atoms with Gasteiger partial charge in [0.25, 0.3) is 5.91 Å². The van der Waals surface area contributed by atoms with E-state index in [1.54, 1.807) is 13.0 Å². The predicted molar refractivity (Wildman–Crippen MR) is 102 cm³/mol. The van der Waals surface area contributed by atoms with Crippen LogP contribution < -0.4 is 5.32 Å². The van der Waals surface area contributed by atoms with Gasteiger partial charge in [0.15, 0.2) is 6.61 Å². The van der Waals surface area contributed by atoms with Crippen molar-refractivity contribution in [1.82, 2.24) is 0 Å². The van der Waals surface area contributed by atoms with E-state index in [0.717, 1.165) is 35.3 Å². The first-order valence-electron chi connectivity index (χ1n) is 8.70. The molecule has 0 radical (unpaired) electrons. The average molecular weight is 384 g/mol. The van der Waals surface area contributed by atoms with Gasteiger partial charge in [0.2, 0.25) is 0 Å². The number of nitriles is 1. The van der Waals surface area contributed by atoms with E-state index < -0.39 is 18.5 Å². The Morgan fingerprint density at radius 1 is 1.44 bits per heavy atom. The number of fused-ring (bicyclic) bond motifs is 1. The van der Waals surface area contributed by atoms with E-state index >= 15 is 0 Å². The van der Waals surface area contributed by atoms with Crippen LogP contribution in [0.2, 0.25) is 0 Å². The van der Waals surface area contributed by atoms with Crippen molar-refractivity contribution in [1.29, 1.82) is 5.26 Å². The largest absolute Gasteiger partial charge is 0.507 e. The molecule has 1 aromatic heterocycles. The van der Waals surface area contributed by atoms with Crippen LogP contribution in [-0.4, -0.2) is 23.6 Å². The number of aryl methyl sites for hydroxylation is 1. The molecule has 1 aliphatic rings. The Labute approximate surface area is 161 Å². The van der Waals surface area contributed by atoms with Gasteiger partial charge in [0, 0.05) is 4.88 Å².